The molecule has 2 fully saturated rings. The van der Waals surface area contributed by atoms with E-state index in [-0.39, 0.29) is 7.33 Å². The number of imidazole rings is 1. The first kappa shape index (κ1) is 27.3. The second kappa shape index (κ2) is 15.0. The topological polar surface area (TPSA) is 97.2 Å². The first-order chi connectivity index (χ1) is 17.6. The molecular formula is C27H39N5O4. The van der Waals surface area contributed by atoms with Crippen LogP contribution in [0.3, 0.4) is 0 Å². The Morgan fingerprint density at radius 1 is 1.19 bits per heavy atom. The molecule has 2 saturated heterocycles. The van der Waals surface area contributed by atoms with Gasteiger partial charge in [0.15, 0.2) is 0 Å². The highest BCUT2D eigenvalue weighted by Gasteiger charge is 2.22. The van der Waals surface area contributed by atoms with Crippen LogP contribution in [0.25, 0.3) is 5.65 Å². The van der Waals surface area contributed by atoms with E-state index in [1.54, 1.807) is 18.5 Å². The van der Waals surface area contributed by atoms with Crippen LogP contribution in [-0.4, -0.2) is 79.2 Å². The zero-order chi connectivity index (χ0) is 25.6. The second-order valence-corrected chi connectivity index (χ2v) is 8.74. The quantitative estimate of drug-likeness (QED) is 0.523. The molecule has 2 aliphatic heterocycles. The van der Waals surface area contributed by atoms with Crippen LogP contribution in [0.15, 0.2) is 55.0 Å². The van der Waals surface area contributed by atoms with E-state index in [4.69, 9.17) is 9.53 Å². The van der Waals surface area contributed by atoms with Gasteiger partial charge in [-0.05, 0) is 37.5 Å². The molecule has 0 bridgehead atoms. The number of ether oxygens (including phenoxy) is 2. The Hall–Kier alpha value is -3.27. The molecule has 5 rings (SSSR count). The molecule has 0 aliphatic carbocycles. The maximum absolute atomic E-state index is 12.1. The molecule has 2 aromatic heterocycles. The molecule has 2 N–H and O–H groups in total. The van der Waals surface area contributed by atoms with Gasteiger partial charge in [0.1, 0.15) is 5.65 Å². The molecule has 9 heteroatoms. The lowest BCUT2D eigenvalue weighted by Gasteiger charge is -2.36. The summed E-state index contributed by atoms with van der Waals surface area (Å²) in [6, 6.07) is 12.6. The van der Waals surface area contributed by atoms with Gasteiger partial charge in [-0.3, -0.25) is 14.5 Å². The number of fused-ring (bicyclic) bond motifs is 1. The maximum Gasteiger partial charge on any atom is 0.292 e. The van der Waals surface area contributed by atoms with Gasteiger partial charge in [0, 0.05) is 72.0 Å². The average molecular weight is 498 g/mol. The number of amides is 1. The largest absolute Gasteiger partial charge is 0.471 e. The molecule has 2 aliphatic rings. The third kappa shape index (κ3) is 8.75. The van der Waals surface area contributed by atoms with Gasteiger partial charge in [0.05, 0.1) is 12.7 Å². The number of benzene rings is 1. The van der Waals surface area contributed by atoms with E-state index in [0.29, 0.717) is 18.6 Å². The van der Waals surface area contributed by atoms with Crippen molar-refractivity contribution in [3.8, 4) is 0 Å². The van der Waals surface area contributed by atoms with Crippen LogP contribution >= 0.6 is 0 Å². The number of hydrogen-bond donors (Lipinski definition) is 2. The number of aryl methyl sites for hydroxylation is 1. The van der Waals surface area contributed by atoms with E-state index in [1.165, 1.54) is 38.6 Å². The second-order valence-electron chi connectivity index (χ2n) is 8.74. The molecule has 4 heterocycles. The smallest absolute Gasteiger partial charge is 0.292 e. The predicted molar refractivity (Wildman–Crippen MR) is 141 cm³/mol. The number of nitrogens with zero attached hydrogens (tertiary/aromatic N) is 3. The molecule has 3 aromatic rings. The zero-order valence-electron chi connectivity index (χ0n) is 21.2. The van der Waals surface area contributed by atoms with Crippen LogP contribution in [0.5, 0.6) is 0 Å². The Bertz CT molecular complexity index is 1050. The number of pyridine rings is 1. The van der Waals surface area contributed by atoms with Gasteiger partial charge >= 0.3 is 0 Å². The molecule has 1 amide bonds. The van der Waals surface area contributed by atoms with Crippen LogP contribution in [0, 0.1) is 6.92 Å². The summed E-state index contributed by atoms with van der Waals surface area (Å²) in [6.45, 7) is 9.66. The van der Waals surface area contributed by atoms with E-state index in [2.05, 4.69) is 25.3 Å². The van der Waals surface area contributed by atoms with Crippen molar-refractivity contribution in [2.75, 3.05) is 46.5 Å². The van der Waals surface area contributed by atoms with Crippen LogP contribution in [0.2, 0.25) is 0 Å². The lowest BCUT2D eigenvalue weighted by molar-refractivity contribution is -0.126. The summed E-state index contributed by atoms with van der Waals surface area (Å²) in [5.74, 6) is -0.0822. The summed E-state index contributed by atoms with van der Waals surface area (Å²) in [7, 11) is 1.31. The number of nitrogens with one attached hydrogen (secondary N) is 2. The number of carbonyl (C=O) groups is 2. The molecule has 9 nitrogen and oxygen atoms in total. The third-order valence-electron chi connectivity index (χ3n) is 6.18. The van der Waals surface area contributed by atoms with E-state index < -0.39 is 0 Å². The van der Waals surface area contributed by atoms with Crippen molar-refractivity contribution in [3.05, 3.63) is 71.7 Å². The van der Waals surface area contributed by atoms with Crippen LogP contribution < -0.4 is 10.6 Å². The van der Waals surface area contributed by atoms with Crippen molar-refractivity contribution in [2.45, 2.75) is 32.4 Å². The molecule has 196 valence electrons. The highest BCUT2D eigenvalue weighted by molar-refractivity contribution is 5.94. The van der Waals surface area contributed by atoms with Gasteiger partial charge in [0.25, 0.3) is 12.4 Å². The summed E-state index contributed by atoms with van der Waals surface area (Å²) in [4.78, 5) is 27.8. The zero-order valence-corrected chi connectivity index (χ0v) is 21.2. The minimum atomic E-state index is -0.0822. The SMILES string of the molecule is C1CN(C2CCOCC2)CCN1.COC=O.Cc1ccc(CNC(=O)c2ccc3nccn3c2)cc1.[HH]. The van der Waals surface area contributed by atoms with Crippen molar-refractivity contribution in [2.24, 2.45) is 0 Å². The fourth-order valence-electron chi connectivity index (χ4n) is 4.14. The average Bonchev–Trinajstić information content (AvgIpc) is 3.42. The molecule has 0 radical (unpaired) electrons. The number of methoxy groups -OCH3 is 1. The molecule has 36 heavy (non-hydrogen) atoms. The Morgan fingerprint density at radius 3 is 2.56 bits per heavy atom. The van der Waals surface area contributed by atoms with Crippen molar-refractivity contribution >= 4 is 18.0 Å². The molecule has 0 spiro atoms. The normalized spacial score (nSPS) is 16.2. The summed E-state index contributed by atoms with van der Waals surface area (Å²) >= 11 is 0. The summed E-state index contributed by atoms with van der Waals surface area (Å²) in [5, 5.41) is 6.30. The number of hydrogen-bond acceptors (Lipinski definition) is 7. The van der Waals surface area contributed by atoms with Gasteiger partial charge in [-0.2, -0.15) is 0 Å². The Morgan fingerprint density at radius 2 is 1.89 bits per heavy atom. The monoisotopic (exact) mass is 497 g/mol. The first-order valence-electron chi connectivity index (χ1n) is 12.4. The third-order valence-corrected chi connectivity index (χ3v) is 6.18. The van der Waals surface area contributed by atoms with Gasteiger partial charge in [0.2, 0.25) is 0 Å². The minimum absolute atomic E-state index is 0. The van der Waals surface area contributed by atoms with Crippen LogP contribution in [-0.2, 0) is 20.8 Å². The molecule has 0 unspecified atom stereocenters. The van der Waals surface area contributed by atoms with E-state index in [1.807, 2.05) is 47.9 Å². The van der Waals surface area contributed by atoms with Gasteiger partial charge in [-0.15, -0.1) is 0 Å². The fourth-order valence-corrected chi connectivity index (χ4v) is 4.14. The summed E-state index contributed by atoms with van der Waals surface area (Å²) in [6.07, 6.45) is 7.79. The fraction of sp³-hybridized carbons (Fsp3) is 0.444. The number of aromatic nitrogens is 2. The van der Waals surface area contributed by atoms with Gasteiger partial charge in [-0.1, -0.05) is 29.8 Å². The van der Waals surface area contributed by atoms with E-state index in [9.17, 15) is 4.79 Å². The molecular weight excluding hydrogens is 458 g/mol. The standard InChI is InChI=1S/C16H15N3O.C9H18N2O.C2H4O2.H2/c1-12-2-4-13(5-3-12)10-18-16(20)14-6-7-15-17-8-9-19(15)11-14;1-7-12-8-2-9(1)11-5-3-10-4-6-11;1-4-2-3;/h2-9,11H,10H2,1H3,(H,18,20);9-10H,1-8H2;2H,1H3;1H. The Balaban J connectivity index is 0.000000241. The maximum atomic E-state index is 12.1. The number of carbonyl (C=O) groups excluding carboxylic acids is 2. The molecule has 0 atom stereocenters. The first-order valence-corrected chi connectivity index (χ1v) is 12.4. The van der Waals surface area contributed by atoms with Crippen LogP contribution in [0.1, 0.15) is 35.8 Å². The number of piperazine rings is 1. The van der Waals surface area contributed by atoms with Crippen molar-refractivity contribution in [1.29, 1.82) is 0 Å². The lowest BCUT2D eigenvalue weighted by atomic mass is 10.1. The predicted octanol–water partition coefficient (Wildman–Crippen LogP) is 2.68. The van der Waals surface area contributed by atoms with E-state index in [0.717, 1.165) is 43.6 Å². The van der Waals surface area contributed by atoms with Crippen molar-refractivity contribution < 1.29 is 20.5 Å². The molecule has 1 aromatic carbocycles. The van der Waals surface area contributed by atoms with Crippen molar-refractivity contribution in [1.82, 2.24) is 24.9 Å². The Kier molecular flexibility index (Phi) is 11.4. The highest BCUT2D eigenvalue weighted by atomic mass is 16.5. The minimum Gasteiger partial charge on any atom is -0.471 e. The summed E-state index contributed by atoms with van der Waals surface area (Å²) in [5.41, 5.74) is 3.76. The summed E-state index contributed by atoms with van der Waals surface area (Å²) < 4.78 is 11.0. The lowest BCUT2D eigenvalue weighted by Crippen LogP contribution is -2.49. The van der Waals surface area contributed by atoms with Crippen LogP contribution in [0.4, 0.5) is 0 Å². The van der Waals surface area contributed by atoms with Gasteiger partial charge < -0.3 is 24.5 Å². The Labute approximate surface area is 214 Å². The van der Waals surface area contributed by atoms with Crippen molar-refractivity contribution in [3.63, 3.8) is 0 Å². The van der Waals surface area contributed by atoms with E-state index >= 15 is 0 Å². The van der Waals surface area contributed by atoms with Gasteiger partial charge in [-0.25, -0.2) is 4.98 Å². The highest BCUT2D eigenvalue weighted by Crippen LogP contribution is 2.14. The number of rotatable bonds is 5. The molecule has 0 saturated carbocycles.